The molecule has 0 aliphatic carbocycles. The van der Waals surface area contributed by atoms with Crippen molar-refractivity contribution < 1.29 is 14.4 Å². The molecule has 20 heavy (non-hydrogen) atoms. The van der Waals surface area contributed by atoms with Crippen molar-refractivity contribution in [3.05, 3.63) is 39.2 Å². The highest BCUT2D eigenvalue weighted by atomic mass is 35.5. The van der Waals surface area contributed by atoms with Gasteiger partial charge in [-0.05, 0) is 24.1 Å². The van der Waals surface area contributed by atoms with Crippen molar-refractivity contribution in [1.29, 1.82) is 0 Å². The first-order chi connectivity index (χ1) is 9.51. The van der Waals surface area contributed by atoms with Crippen molar-refractivity contribution in [2.24, 2.45) is 0 Å². The number of aryl methyl sites for hydroxylation is 1. The summed E-state index contributed by atoms with van der Waals surface area (Å²) in [5, 5.41) is 10.8. The highest BCUT2D eigenvalue weighted by molar-refractivity contribution is 6.28. The maximum atomic E-state index is 11.0. The van der Waals surface area contributed by atoms with Crippen LogP contribution < -0.4 is 9.47 Å². The second-order valence-electron chi connectivity index (χ2n) is 3.66. The molecule has 0 N–H and O–H groups in total. The zero-order valence-corrected chi connectivity index (χ0v) is 11.3. The summed E-state index contributed by atoms with van der Waals surface area (Å²) in [6, 6.07) is 4.32. The fourth-order valence-electron chi connectivity index (χ4n) is 1.46. The molecule has 0 saturated heterocycles. The third kappa shape index (κ3) is 2.91. The second-order valence-corrected chi connectivity index (χ2v) is 3.99. The highest BCUT2D eigenvalue weighted by Crippen LogP contribution is 2.33. The molecule has 0 amide bonds. The van der Waals surface area contributed by atoms with Crippen molar-refractivity contribution in [2.45, 2.75) is 6.92 Å². The topological polar surface area (TPSA) is 100 Å². The summed E-state index contributed by atoms with van der Waals surface area (Å²) < 4.78 is 10.2. The summed E-state index contributed by atoms with van der Waals surface area (Å²) in [6.07, 6.45) is 0. The summed E-state index contributed by atoms with van der Waals surface area (Å²) in [5.41, 5.74) is 0.371. The van der Waals surface area contributed by atoms with Gasteiger partial charge in [0.15, 0.2) is 0 Å². The second kappa shape index (κ2) is 5.66. The lowest BCUT2D eigenvalue weighted by Crippen LogP contribution is -2.01. The molecule has 0 unspecified atom stereocenters. The minimum Gasteiger partial charge on any atom is -0.467 e. The lowest BCUT2D eigenvalue weighted by Gasteiger charge is -2.07. The molecule has 0 radical (unpaired) electrons. The Balaban J connectivity index is 2.44. The SMILES string of the molecule is COc1nc(Cl)nc(Oc2c(C)cccc2[N+](=O)[O-])n1. The van der Waals surface area contributed by atoms with Crippen LogP contribution in [0, 0.1) is 17.0 Å². The van der Waals surface area contributed by atoms with Gasteiger partial charge in [0.1, 0.15) is 0 Å². The number of ether oxygens (including phenoxy) is 2. The molecular formula is C11H9ClN4O4. The van der Waals surface area contributed by atoms with Crippen LogP contribution >= 0.6 is 11.6 Å². The monoisotopic (exact) mass is 296 g/mol. The van der Waals surface area contributed by atoms with Gasteiger partial charge in [-0.15, -0.1) is 4.98 Å². The Labute approximate surface area is 118 Å². The Morgan fingerprint density at radius 1 is 1.25 bits per heavy atom. The van der Waals surface area contributed by atoms with E-state index in [1.165, 1.54) is 13.2 Å². The molecule has 0 atom stereocenters. The number of methoxy groups -OCH3 is 1. The Kier molecular flexibility index (Phi) is 3.94. The maximum absolute atomic E-state index is 11.0. The van der Waals surface area contributed by atoms with Crippen LogP contribution in [0.4, 0.5) is 5.69 Å². The third-order valence-corrected chi connectivity index (χ3v) is 2.50. The van der Waals surface area contributed by atoms with Gasteiger partial charge in [0.05, 0.1) is 12.0 Å². The van der Waals surface area contributed by atoms with E-state index in [2.05, 4.69) is 15.0 Å². The Morgan fingerprint density at radius 3 is 2.60 bits per heavy atom. The summed E-state index contributed by atoms with van der Waals surface area (Å²) in [7, 11) is 1.35. The maximum Gasteiger partial charge on any atom is 0.329 e. The lowest BCUT2D eigenvalue weighted by molar-refractivity contribution is -0.385. The van der Waals surface area contributed by atoms with Crippen molar-refractivity contribution in [3.8, 4) is 17.8 Å². The average Bonchev–Trinajstić information content (AvgIpc) is 2.40. The summed E-state index contributed by atoms with van der Waals surface area (Å²) in [5.74, 6) is 0.0434. The number of hydrogen-bond donors (Lipinski definition) is 0. The van der Waals surface area contributed by atoms with Crippen molar-refractivity contribution >= 4 is 17.3 Å². The molecule has 2 rings (SSSR count). The van der Waals surface area contributed by atoms with E-state index in [0.29, 0.717) is 5.56 Å². The molecule has 104 valence electrons. The first kappa shape index (κ1) is 13.9. The molecule has 2 aromatic rings. The van der Waals surface area contributed by atoms with Crippen LogP contribution in [-0.4, -0.2) is 27.0 Å². The molecule has 1 aromatic carbocycles. The number of benzene rings is 1. The third-order valence-electron chi connectivity index (χ3n) is 2.33. The van der Waals surface area contributed by atoms with Gasteiger partial charge >= 0.3 is 17.7 Å². The molecule has 1 heterocycles. The summed E-state index contributed by atoms with van der Waals surface area (Å²) in [4.78, 5) is 21.7. The molecule has 0 bridgehead atoms. The quantitative estimate of drug-likeness (QED) is 0.631. The lowest BCUT2D eigenvalue weighted by atomic mass is 10.2. The van der Waals surface area contributed by atoms with Gasteiger partial charge in [-0.25, -0.2) is 0 Å². The molecule has 0 fully saturated rings. The predicted octanol–water partition coefficient (Wildman–Crippen LogP) is 2.54. The minimum atomic E-state index is -0.553. The van der Waals surface area contributed by atoms with Gasteiger partial charge in [-0.3, -0.25) is 10.1 Å². The molecule has 0 aliphatic rings. The molecule has 9 heteroatoms. The zero-order chi connectivity index (χ0) is 14.7. The van der Waals surface area contributed by atoms with Crippen LogP contribution in [0.3, 0.4) is 0 Å². The van der Waals surface area contributed by atoms with Gasteiger partial charge in [0, 0.05) is 6.07 Å². The van der Waals surface area contributed by atoms with Gasteiger partial charge in [0.2, 0.25) is 11.0 Å². The van der Waals surface area contributed by atoms with E-state index < -0.39 is 4.92 Å². The molecule has 0 aliphatic heterocycles. The molecule has 8 nitrogen and oxygen atoms in total. The van der Waals surface area contributed by atoms with Crippen LogP contribution in [0.25, 0.3) is 0 Å². The number of nitro benzene ring substituents is 1. The number of aromatic nitrogens is 3. The highest BCUT2D eigenvalue weighted by Gasteiger charge is 2.19. The minimum absolute atomic E-state index is 0.0434. The van der Waals surface area contributed by atoms with E-state index in [1.54, 1.807) is 19.1 Å². The first-order valence-corrected chi connectivity index (χ1v) is 5.76. The molecular weight excluding hydrogens is 288 g/mol. The van der Waals surface area contributed by atoms with E-state index >= 15 is 0 Å². The average molecular weight is 297 g/mol. The molecule has 0 spiro atoms. The largest absolute Gasteiger partial charge is 0.467 e. The van der Waals surface area contributed by atoms with Gasteiger partial charge < -0.3 is 9.47 Å². The summed E-state index contributed by atoms with van der Waals surface area (Å²) >= 11 is 5.68. The fourth-order valence-corrected chi connectivity index (χ4v) is 1.60. The van der Waals surface area contributed by atoms with E-state index in [1.807, 2.05) is 0 Å². The van der Waals surface area contributed by atoms with Crippen molar-refractivity contribution in [1.82, 2.24) is 15.0 Å². The van der Waals surface area contributed by atoms with Gasteiger partial charge in [-0.2, -0.15) is 9.97 Å². The number of hydrogen-bond acceptors (Lipinski definition) is 7. The van der Waals surface area contributed by atoms with Crippen LogP contribution in [0.2, 0.25) is 5.28 Å². The van der Waals surface area contributed by atoms with E-state index in [4.69, 9.17) is 21.1 Å². The smallest absolute Gasteiger partial charge is 0.329 e. The zero-order valence-electron chi connectivity index (χ0n) is 10.5. The molecule has 1 aromatic heterocycles. The Morgan fingerprint density at radius 2 is 1.95 bits per heavy atom. The van der Waals surface area contributed by atoms with E-state index in [9.17, 15) is 10.1 Å². The summed E-state index contributed by atoms with van der Waals surface area (Å²) in [6.45, 7) is 1.67. The van der Waals surface area contributed by atoms with Gasteiger partial charge in [0.25, 0.3) is 0 Å². The van der Waals surface area contributed by atoms with Crippen molar-refractivity contribution in [2.75, 3.05) is 7.11 Å². The molecule has 0 saturated carbocycles. The number of rotatable bonds is 4. The fraction of sp³-hybridized carbons (Fsp3) is 0.182. The number of halogens is 1. The normalized spacial score (nSPS) is 10.2. The van der Waals surface area contributed by atoms with Crippen LogP contribution in [0.15, 0.2) is 18.2 Å². The standard InChI is InChI=1S/C11H9ClN4O4/c1-6-4-3-5-7(16(17)18)8(6)20-11-14-9(12)13-10(15-11)19-2/h3-5H,1-2H3. The van der Waals surface area contributed by atoms with Crippen molar-refractivity contribution in [3.63, 3.8) is 0 Å². The number of nitro groups is 1. The van der Waals surface area contributed by atoms with Gasteiger partial charge in [-0.1, -0.05) is 12.1 Å². The predicted molar refractivity (Wildman–Crippen MR) is 69.3 cm³/mol. The van der Waals surface area contributed by atoms with E-state index in [-0.39, 0.29) is 28.7 Å². The Bertz CT molecular complexity index is 665. The number of nitrogens with zero attached hydrogens (tertiary/aromatic N) is 4. The number of para-hydroxylation sites is 1. The Hall–Kier alpha value is -2.48. The van der Waals surface area contributed by atoms with E-state index in [0.717, 1.165) is 0 Å². The van der Waals surface area contributed by atoms with Crippen LogP contribution in [0.5, 0.6) is 17.8 Å². The first-order valence-electron chi connectivity index (χ1n) is 5.38. The van der Waals surface area contributed by atoms with Crippen LogP contribution in [-0.2, 0) is 0 Å². The van der Waals surface area contributed by atoms with Crippen LogP contribution in [0.1, 0.15) is 5.56 Å².